The van der Waals surface area contributed by atoms with Gasteiger partial charge in [-0.3, -0.25) is 10.1 Å². The molecule has 1 aromatic rings. The Hall–Kier alpha value is -1.23. The molecule has 0 fully saturated rings. The Morgan fingerprint density at radius 2 is 2.12 bits per heavy atom. The smallest absolute Gasteiger partial charge is 0.258 e. The largest absolute Gasteiger partial charge is 0.278 e. The number of alkyl halides is 3. The van der Waals surface area contributed by atoms with E-state index in [4.69, 9.17) is 11.6 Å². The van der Waals surface area contributed by atoms with E-state index in [1.54, 1.807) is 0 Å². The normalized spacial score (nSPS) is 10.8. The van der Waals surface area contributed by atoms with Crippen molar-refractivity contribution in [1.82, 2.24) is 0 Å². The van der Waals surface area contributed by atoms with E-state index in [1.165, 1.54) is 12.1 Å². The van der Waals surface area contributed by atoms with E-state index in [9.17, 15) is 18.9 Å². The zero-order valence-corrected chi connectivity index (χ0v) is 9.08. The zero-order valence-electron chi connectivity index (χ0n) is 8.33. The van der Waals surface area contributed by atoms with Crippen LogP contribution in [0.5, 0.6) is 0 Å². The molecule has 0 amide bonds. The summed E-state index contributed by atoms with van der Waals surface area (Å²) in [6.45, 7) is 0. The quantitative estimate of drug-likeness (QED) is 0.454. The number of hydrogen-bond acceptors (Lipinski definition) is 2. The van der Waals surface area contributed by atoms with Crippen LogP contribution >= 0.6 is 11.6 Å². The first-order valence-electron chi connectivity index (χ1n) is 4.68. The fourth-order valence-electron chi connectivity index (χ4n) is 1.49. The molecule has 0 unspecified atom stereocenters. The molecule has 0 saturated carbocycles. The van der Waals surface area contributed by atoms with Crippen LogP contribution in [0, 0.1) is 10.1 Å². The van der Waals surface area contributed by atoms with Gasteiger partial charge < -0.3 is 0 Å². The maximum absolute atomic E-state index is 12.7. The third-order valence-electron chi connectivity index (χ3n) is 2.17. The van der Waals surface area contributed by atoms with Crippen LogP contribution < -0.4 is 0 Å². The lowest BCUT2D eigenvalue weighted by molar-refractivity contribution is -0.386. The average Bonchev–Trinajstić information content (AvgIpc) is 2.25. The van der Waals surface area contributed by atoms with E-state index < -0.39 is 22.6 Å². The van der Waals surface area contributed by atoms with Crippen molar-refractivity contribution in [3.05, 3.63) is 39.4 Å². The van der Waals surface area contributed by atoms with Gasteiger partial charge in [0, 0.05) is 11.9 Å². The van der Waals surface area contributed by atoms with Gasteiger partial charge in [0.05, 0.1) is 10.5 Å². The summed E-state index contributed by atoms with van der Waals surface area (Å²) < 4.78 is 25.5. The van der Waals surface area contributed by atoms with Crippen LogP contribution in [-0.2, 0) is 6.42 Å². The number of halogens is 3. The molecule has 1 rings (SSSR count). The number of aryl methyl sites for hydroxylation is 1. The monoisotopic (exact) mass is 249 g/mol. The number of rotatable bonds is 5. The molecule has 0 saturated heterocycles. The third-order valence-corrected chi connectivity index (χ3v) is 2.44. The van der Waals surface area contributed by atoms with Crippen LogP contribution in [0.2, 0.25) is 0 Å². The number of hydrogen-bond donors (Lipinski definition) is 0. The number of benzene rings is 1. The fourth-order valence-corrected chi connectivity index (χ4v) is 1.62. The highest BCUT2D eigenvalue weighted by atomic mass is 35.5. The Balaban J connectivity index is 3.16. The van der Waals surface area contributed by atoms with Gasteiger partial charge in [0.15, 0.2) is 0 Å². The molecule has 6 heteroatoms. The molecule has 0 radical (unpaired) electrons. The van der Waals surface area contributed by atoms with Crippen LogP contribution in [0.15, 0.2) is 18.2 Å². The lowest BCUT2D eigenvalue weighted by Crippen LogP contribution is -2.01. The molecule has 0 aromatic heterocycles. The van der Waals surface area contributed by atoms with Crippen LogP contribution in [0.3, 0.4) is 0 Å². The number of nitro groups is 1. The van der Waals surface area contributed by atoms with E-state index in [0.29, 0.717) is 24.3 Å². The molecular formula is C10H10ClF2NO2. The minimum absolute atomic E-state index is 0.296. The van der Waals surface area contributed by atoms with E-state index in [2.05, 4.69) is 0 Å². The van der Waals surface area contributed by atoms with Crippen molar-refractivity contribution >= 4 is 17.3 Å². The van der Waals surface area contributed by atoms with Crippen molar-refractivity contribution in [3.63, 3.8) is 0 Å². The number of nitrogens with zero attached hydrogens (tertiary/aromatic N) is 1. The lowest BCUT2D eigenvalue weighted by atomic mass is 10.0. The average molecular weight is 250 g/mol. The van der Waals surface area contributed by atoms with Gasteiger partial charge in [-0.25, -0.2) is 8.78 Å². The summed E-state index contributed by atoms with van der Waals surface area (Å²) in [5.74, 6) is 0.339. The molecule has 0 spiro atoms. The predicted molar refractivity (Wildman–Crippen MR) is 57.1 cm³/mol. The van der Waals surface area contributed by atoms with Gasteiger partial charge in [0.25, 0.3) is 12.1 Å². The molecule has 0 N–H and O–H groups in total. The van der Waals surface area contributed by atoms with Gasteiger partial charge in [-0.05, 0) is 18.4 Å². The maximum Gasteiger partial charge on any atom is 0.278 e. The van der Waals surface area contributed by atoms with Gasteiger partial charge in [-0.2, -0.15) is 0 Å². The summed E-state index contributed by atoms with van der Waals surface area (Å²) in [5, 5.41) is 10.6. The van der Waals surface area contributed by atoms with Gasteiger partial charge in [0.2, 0.25) is 0 Å². The molecule has 0 aliphatic rings. The van der Waals surface area contributed by atoms with Gasteiger partial charge in [-0.15, -0.1) is 11.6 Å². The van der Waals surface area contributed by atoms with Crippen molar-refractivity contribution in [2.75, 3.05) is 5.88 Å². The van der Waals surface area contributed by atoms with Crippen LogP contribution in [0.1, 0.15) is 24.0 Å². The molecule has 3 nitrogen and oxygen atoms in total. The highest BCUT2D eigenvalue weighted by Gasteiger charge is 2.24. The molecular weight excluding hydrogens is 240 g/mol. The molecule has 0 aliphatic heterocycles. The minimum atomic E-state index is -2.84. The lowest BCUT2D eigenvalue weighted by Gasteiger charge is -2.08. The molecule has 1 aromatic carbocycles. The summed E-state index contributed by atoms with van der Waals surface area (Å²) >= 11 is 5.46. The summed E-state index contributed by atoms with van der Waals surface area (Å²) in [4.78, 5) is 9.81. The topological polar surface area (TPSA) is 43.1 Å². The van der Waals surface area contributed by atoms with Crippen molar-refractivity contribution in [3.8, 4) is 0 Å². The first kappa shape index (κ1) is 12.8. The molecule has 88 valence electrons. The molecule has 0 aliphatic carbocycles. The Morgan fingerprint density at radius 3 is 2.62 bits per heavy atom. The van der Waals surface area contributed by atoms with E-state index >= 15 is 0 Å². The standard InChI is InChI=1S/C10H10ClF2NO2/c11-6-2-4-7-3-1-5-8(14(15)16)9(7)10(12)13/h1,3,5,10H,2,4,6H2. The van der Waals surface area contributed by atoms with Gasteiger partial charge >= 0.3 is 0 Å². The highest BCUT2D eigenvalue weighted by Crippen LogP contribution is 2.32. The second-order valence-electron chi connectivity index (χ2n) is 3.20. The summed E-state index contributed by atoms with van der Waals surface area (Å²) in [6, 6.07) is 3.97. The van der Waals surface area contributed by atoms with Crippen LogP contribution in [0.25, 0.3) is 0 Å². The third kappa shape index (κ3) is 2.88. The zero-order chi connectivity index (χ0) is 12.1. The second-order valence-corrected chi connectivity index (χ2v) is 3.58. The van der Waals surface area contributed by atoms with E-state index in [1.807, 2.05) is 0 Å². The Labute approximate surface area is 96.2 Å². The highest BCUT2D eigenvalue weighted by molar-refractivity contribution is 6.17. The van der Waals surface area contributed by atoms with Crippen LogP contribution in [0.4, 0.5) is 14.5 Å². The molecule has 0 atom stereocenters. The van der Waals surface area contributed by atoms with Gasteiger partial charge in [-0.1, -0.05) is 12.1 Å². The first-order chi connectivity index (χ1) is 7.57. The van der Waals surface area contributed by atoms with Gasteiger partial charge in [0.1, 0.15) is 0 Å². The minimum Gasteiger partial charge on any atom is -0.258 e. The van der Waals surface area contributed by atoms with E-state index in [-0.39, 0.29) is 0 Å². The first-order valence-corrected chi connectivity index (χ1v) is 5.21. The van der Waals surface area contributed by atoms with Crippen LogP contribution in [-0.4, -0.2) is 10.8 Å². The Bertz CT molecular complexity index is 385. The summed E-state index contributed by atoms with van der Waals surface area (Å²) in [6.07, 6.45) is -2.00. The van der Waals surface area contributed by atoms with Crippen molar-refractivity contribution < 1.29 is 13.7 Å². The Kier molecular flexibility index (Phi) is 4.61. The summed E-state index contributed by atoms with van der Waals surface area (Å²) in [5.41, 5.74) is -0.718. The second kappa shape index (κ2) is 5.75. The molecule has 0 bridgehead atoms. The fraction of sp³-hybridized carbons (Fsp3) is 0.400. The van der Waals surface area contributed by atoms with E-state index in [0.717, 1.165) is 6.07 Å². The van der Waals surface area contributed by atoms with Crippen molar-refractivity contribution in [1.29, 1.82) is 0 Å². The predicted octanol–water partition coefficient (Wildman–Crippen LogP) is 3.70. The van der Waals surface area contributed by atoms with Crippen molar-refractivity contribution in [2.45, 2.75) is 19.3 Å². The Morgan fingerprint density at radius 1 is 1.44 bits per heavy atom. The molecule has 0 heterocycles. The van der Waals surface area contributed by atoms with Crippen molar-refractivity contribution in [2.24, 2.45) is 0 Å². The maximum atomic E-state index is 12.7. The molecule has 16 heavy (non-hydrogen) atoms. The summed E-state index contributed by atoms with van der Waals surface area (Å²) in [7, 11) is 0. The number of nitro benzene ring substituents is 1. The SMILES string of the molecule is O=[N+]([O-])c1cccc(CCCCl)c1C(F)F.